The molecule has 0 bridgehead atoms. The fraction of sp³-hybridized carbons (Fsp3) is 0.141. The SMILES string of the molecule is C.C.C.C.N#Cc1ccc(Nc2nccc(Cl)n2)cc1.N#Cc1ccc(Nc2nccc(Nc3ccc4c(c3)CC=C4Cl)n2)cc1.N#Cc1ccc(Nc2nccc(Nc3ccc4c(c3)CCC4=O)n2)cc1.Nc1ccc2c(c1)CCC2=O. The molecule has 3 aliphatic carbocycles. The largest absolute Gasteiger partial charge is 0.399 e. The van der Waals surface area contributed by atoms with E-state index in [-0.39, 0.29) is 41.3 Å². The Bertz CT molecular complexity index is 3870. The lowest BCUT2D eigenvalue weighted by Crippen LogP contribution is -2.01. The Balaban J connectivity index is 0.000000209. The molecule has 418 valence electrons. The summed E-state index contributed by atoms with van der Waals surface area (Å²) in [4.78, 5) is 48.2. The minimum Gasteiger partial charge on any atom is -0.399 e. The number of allylic oxidation sites excluding steroid dienone is 1. The molecular formula is C64H61Cl2N15O2. The maximum Gasteiger partial charge on any atom is 0.229 e. The van der Waals surface area contributed by atoms with Gasteiger partial charge in [0.2, 0.25) is 17.8 Å². The summed E-state index contributed by atoms with van der Waals surface area (Å²) in [5.74, 6) is 3.16. The Kier molecular flexibility index (Phi) is 23.0. The highest BCUT2D eigenvalue weighted by Gasteiger charge is 2.20. The maximum absolute atomic E-state index is 11.7. The molecule has 7 N–H and O–H groups in total. The number of nitrogens with one attached hydrogen (secondary N) is 5. The number of nitrogen functional groups attached to an aromatic ring is 1. The molecule has 3 aliphatic rings. The topological polar surface area (TPSA) is 269 Å². The summed E-state index contributed by atoms with van der Waals surface area (Å²) in [7, 11) is 0. The molecule has 0 radical (unpaired) electrons. The Morgan fingerprint density at radius 2 is 0.807 bits per heavy atom. The molecule has 0 amide bonds. The van der Waals surface area contributed by atoms with E-state index in [4.69, 9.17) is 44.7 Å². The molecule has 0 saturated carbocycles. The van der Waals surface area contributed by atoms with Crippen molar-refractivity contribution in [2.24, 2.45) is 0 Å². The zero-order valence-electron chi connectivity index (χ0n) is 41.9. The van der Waals surface area contributed by atoms with Crippen LogP contribution in [0.2, 0.25) is 5.15 Å². The predicted octanol–water partition coefficient (Wildman–Crippen LogP) is 15.6. The number of Topliss-reactive ketones (excluding diaryl/α,β-unsaturated/α-hetero) is 2. The summed E-state index contributed by atoms with van der Waals surface area (Å²) in [6.07, 6.45) is 10.7. The lowest BCUT2D eigenvalue weighted by molar-refractivity contribution is 0.0986. The first-order chi connectivity index (χ1) is 38.5. The van der Waals surface area contributed by atoms with Gasteiger partial charge in [-0.15, -0.1) is 0 Å². The third kappa shape index (κ3) is 17.2. The fourth-order valence-electron chi connectivity index (χ4n) is 8.33. The molecule has 3 aromatic heterocycles. The van der Waals surface area contributed by atoms with E-state index in [1.807, 2.05) is 72.8 Å². The first-order valence-electron chi connectivity index (χ1n) is 24.5. The van der Waals surface area contributed by atoms with Crippen LogP contribution < -0.4 is 32.3 Å². The standard InChI is InChI=1S/C20H14ClN5.C20H15N5O.C11H7ClN4.C9H9NO.4CH4/c21-18-8-3-14-11-16(6-7-17(14)18)24-19-9-10-23-20(26-19)25-15-4-1-13(12-22)2-5-15;21-12-13-1-4-15(5-2-13)24-20-22-10-9-19(25-20)23-16-6-7-17-14(11-16)3-8-18(17)26;12-10-5-6-14-11(16-10)15-9-3-1-8(7-13)2-4-9;10-7-2-3-8-6(5-7)1-4-9(8)11;;;;/h1-2,4-11H,3H2,(H2,23,24,25,26);1-2,4-7,9-11H,3,8H2,(H2,22,23,24,25);1-6H,(H,14,15,16);2-3,5H,1,4,10H2;4*1H4. The highest BCUT2D eigenvalue weighted by Crippen LogP contribution is 2.33. The number of nitrogens with two attached hydrogens (primary N) is 1. The van der Waals surface area contributed by atoms with Crippen molar-refractivity contribution in [3.63, 3.8) is 0 Å². The van der Waals surface area contributed by atoms with Crippen LogP contribution in [0.5, 0.6) is 0 Å². The highest BCUT2D eigenvalue weighted by atomic mass is 35.5. The maximum atomic E-state index is 11.7. The van der Waals surface area contributed by atoms with Gasteiger partial charge in [0.15, 0.2) is 11.6 Å². The highest BCUT2D eigenvalue weighted by molar-refractivity contribution is 6.49. The second-order valence-electron chi connectivity index (χ2n) is 17.7. The zero-order chi connectivity index (χ0) is 55.1. The van der Waals surface area contributed by atoms with Crippen LogP contribution in [0.3, 0.4) is 0 Å². The summed E-state index contributed by atoms with van der Waals surface area (Å²) >= 11 is 11.9. The average molecular weight is 1140 g/mol. The van der Waals surface area contributed by atoms with Gasteiger partial charge in [0, 0.05) is 81.7 Å². The van der Waals surface area contributed by atoms with Gasteiger partial charge < -0.3 is 32.3 Å². The van der Waals surface area contributed by atoms with Crippen molar-refractivity contribution in [2.75, 3.05) is 32.3 Å². The molecular weight excluding hydrogens is 1080 g/mol. The van der Waals surface area contributed by atoms with E-state index in [9.17, 15) is 9.59 Å². The molecule has 83 heavy (non-hydrogen) atoms. The van der Waals surface area contributed by atoms with Gasteiger partial charge in [0.1, 0.15) is 16.8 Å². The van der Waals surface area contributed by atoms with Crippen LogP contribution in [-0.2, 0) is 19.3 Å². The number of aromatic nitrogens is 6. The summed E-state index contributed by atoms with van der Waals surface area (Å²) < 4.78 is 0. The second kappa shape index (κ2) is 30.2. The second-order valence-corrected chi connectivity index (χ2v) is 18.5. The van der Waals surface area contributed by atoms with Gasteiger partial charge in [-0.25, -0.2) is 19.9 Å². The number of fused-ring (bicyclic) bond motifs is 3. The van der Waals surface area contributed by atoms with E-state index in [0.717, 1.165) is 86.2 Å². The van der Waals surface area contributed by atoms with Crippen molar-refractivity contribution in [1.29, 1.82) is 15.8 Å². The van der Waals surface area contributed by atoms with Gasteiger partial charge in [0.25, 0.3) is 0 Å². The number of hydrogen-bond donors (Lipinski definition) is 6. The van der Waals surface area contributed by atoms with E-state index >= 15 is 0 Å². The van der Waals surface area contributed by atoms with Crippen molar-refractivity contribution in [3.8, 4) is 18.2 Å². The minimum atomic E-state index is 0. The first-order valence-corrected chi connectivity index (χ1v) is 25.3. The van der Waals surface area contributed by atoms with Gasteiger partial charge in [-0.2, -0.15) is 25.8 Å². The smallest absolute Gasteiger partial charge is 0.229 e. The molecule has 17 nitrogen and oxygen atoms in total. The van der Waals surface area contributed by atoms with E-state index < -0.39 is 0 Å². The summed E-state index contributed by atoms with van der Waals surface area (Å²) in [5, 5.41) is 43.3. The molecule has 0 fully saturated rings. The van der Waals surface area contributed by atoms with Gasteiger partial charge in [0.05, 0.1) is 34.9 Å². The molecule has 19 heteroatoms. The fourth-order valence-corrected chi connectivity index (χ4v) is 8.73. The predicted molar refractivity (Wildman–Crippen MR) is 334 cm³/mol. The number of rotatable bonds is 10. The third-order valence-corrected chi connectivity index (χ3v) is 12.8. The van der Waals surface area contributed by atoms with Crippen molar-refractivity contribution in [3.05, 3.63) is 225 Å². The van der Waals surface area contributed by atoms with E-state index in [0.29, 0.717) is 64.2 Å². The van der Waals surface area contributed by atoms with Crippen molar-refractivity contribution in [1.82, 2.24) is 29.9 Å². The van der Waals surface area contributed by atoms with Crippen LogP contribution in [-0.4, -0.2) is 41.5 Å². The Morgan fingerprint density at radius 3 is 1.25 bits per heavy atom. The monoisotopic (exact) mass is 1140 g/mol. The number of benzene rings is 6. The van der Waals surface area contributed by atoms with Crippen LogP contribution in [0.25, 0.3) is 5.03 Å². The number of anilines is 11. The van der Waals surface area contributed by atoms with Crippen LogP contribution >= 0.6 is 23.2 Å². The molecule has 3 heterocycles. The van der Waals surface area contributed by atoms with E-state index in [1.165, 1.54) is 5.56 Å². The Labute approximate surface area is 494 Å². The summed E-state index contributed by atoms with van der Waals surface area (Å²) in [6, 6.07) is 49.9. The number of aryl methyl sites for hydroxylation is 2. The number of ketones is 2. The quantitative estimate of drug-likeness (QED) is 0.0549. The number of nitriles is 3. The zero-order valence-corrected chi connectivity index (χ0v) is 43.4. The minimum absolute atomic E-state index is 0. The Morgan fingerprint density at radius 1 is 0.422 bits per heavy atom. The molecule has 0 aliphatic heterocycles. The number of carbonyl (C=O) groups is 2. The van der Waals surface area contributed by atoms with Gasteiger partial charge in [-0.3, -0.25) is 9.59 Å². The third-order valence-electron chi connectivity index (χ3n) is 12.2. The first kappa shape index (κ1) is 63.3. The Hall–Kier alpha value is -10.5. The number of halogens is 2. The van der Waals surface area contributed by atoms with Gasteiger partial charge in [-0.05, 0) is 181 Å². The van der Waals surface area contributed by atoms with Crippen LogP contribution in [0, 0.1) is 34.0 Å². The molecule has 0 saturated heterocycles. The van der Waals surface area contributed by atoms with E-state index in [2.05, 4.69) is 74.7 Å². The number of carbonyl (C=O) groups excluding carboxylic acids is 2. The van der Waals surface area contributed by atoms with Crippen LogP contribution in [0.4, 0.5) is 63.6 Å². The van der Waals surface area contributed by atoms with Gasteiger partial charge >= 0.3 is 0 Å². The molecule has 12 rings (SSSR count). The molecule has 0 unspecified atom stereocenters. The van der Waals surface area contributed by atoms with Crippen LogP contribution in [0.1, 0.15) is 102 Å². The number of hydrogen-bond acceptors (Lipinski definition) is 17. The summed E-state index contributed by atoms with van der Waals surface area (Å²) in [6.45, 7) is 0. The van der Waals surface area contributed by atoms with Crippen molar-refractivity contribution in [2.45, 2.75) is 61.8 Å². The number of nitrogens with zero attached hydrogens (tertiary/aromatic N) is 9. The lowest BCUT2D eigenvalue weighted by Gasteiger charge is -2.10. The van der Waals surface area contributed by atoms with Crippen LogP contribution in [0.15, 0.2) is 170 Å². The average Bonchev–Trinajstić information content (AvgIpc) is 4.37. The lowest BCUT2D eigenvalue weighted by atomic mass is 10.1. The van der Waals surface area contributed by atoms with Crippen molar-refractivity contribution < 1.29 is 9.59 Å². The van der Waals surface area contributed by atoms with E-state index in [1.54, 1.807) is 97.5 Å². The van der Waals surface area contributed by atoms with Gasteiger partial charge in [-0.1, -0.05) is 65.1 Å². The molecule has 0 spiro atoms. The molecule has 6 aromatic carbocycles. The summed E-state index contributed by atoms with van der Waals surface area (Å²) in [5.41, 5.74) is 18.5. The molecule has 9 aromatic rings. The molecule has 0 atom stereocenters. The van der Waals surface area contributed by atoms with Crippen molar-refractivity contribution >= 4 is 103 Å². The normalized spacial score (nSPS) is 11.5.